The monoisotopic (exact) mass is 415 g/mol. The van der Waals surface area contributed by atoms with Crippen molar-refractivity contribution in [3.8, 4) is 11.6 Å². The second-order valence-corrected chi connectivity index (χ2v) is 5.81. The fourth-order valence-electron chi connectivity index (χ4n) is 2.14. The van der Waals surface area contributed by atoms with Crippen molar-refractivity contribution < 1.29 is 18.8 Å². The van der Waals surface area contributed by atoms with E-state index in [0.29, 0.717) is 5.56 Å². The van der Waals surface area contributed by atoms with Gasteiger partial charge in [-0.1, -0.05) is 12.1 Å². The van der Waals surface area contributed by atoms with Crippen molar-refractivity contribution in [2.45, 2.75) is 0 Å². The normalized spacial score (nSPS) is 10.7. The number of hydrazone groups is 1. The first-order chi connectivity index (χ1) is 13.9. The van der Waals surface area contributed by atoms with Gasteiger partial charge in [0.1, 0.15) is 5.75 Å². The van der Waals surface area contributed by atoms with Crippen molar-refractivity contribution in [2.24, 2.45) is 5.10 Å². The predicted molar refractivity (Wildman–Crippen MR) is 102 cm³/mol. The minimum absolute atomic E-state index is 0.122. The predicted octanol–water partition coefficient (Wildman–Crippen LogP) is 3.73. The van der Waals surface area contributed by atoms with Crippen LogP contribution < -0.4 is 10.2 Å². The smallest absolute Gasteiger partial charge is 0.271 e. The van der Waals surface area contributed by atoms with Gasteiger partial charge < -0.3 is 4.74 Å². The number of amides is 1. The van der Waals surface area contributed by atoms with Crippen LogP contribution in [0.5, 0.6) is 11.6 Å². The molecule has 0 atom stereocenters. The molecule has 1 N–H and O–H groups in total. The van der Waals surface area contributed by atoms with Crippen LogP contribution in [0.25, 0.3) is 0 Å². The van der Waals surface area contributed by atoms with E-state index in [0.717, 1.165) is 6.20 Å². The Morgan fingerprint density at radius 3 is 2.76 bits per heavy atom. The number of non-ortho nitro benzene ring substituents is 1. The van der Waals surface area contributed by atoms with Gasteiger partial charge in [0.25, 0.3) is 17.5 Å². The molecule has 29 heavy (non-hydrogen) atoms. The zero-order chi connectivity index (χ0) is 20.8. The fraction of sp³-hybridized carbons (Fsp3) is 0. The van der Waals surface area contributed by atoms with Gasteiger partial charge in [-0.05, 0) is 41.4 Å². The molecule has 0 saturated heterocycles. The van der Waals surface area contributed by atoms with E-state index in [2.05, 4.69) is 20.5 Å². The molecule has 1 amide bonds. The van der Waals surface area contributed by atoms with E-state index in [1.54, 1.807) is 18.2 Å². The van der Waals surface area contributed by atoms with Gasteiger partial charge in [-0.15, -0.1) is 0 Å². The summed E-state index contributed by atoms with van der Waals surface area (Å²) < 4.78 is 19.0. The minimum Gasteiger partial charge on any atom is -0.436 e. The highest BCUT2D eigenvalue weighted by atomic mass is 35.5. The standard InChI is InChI=1S/C18H11ClFN5O4/c19-18-21-10-15(20)17(23-18)29-14-3-1-2-11(8-14)9-22-24-16(26)12-4-6-13(7-5-12)25(27)28/h1-10H,(H,24,26)/b22-9-. The number of halogens is 2. The van der Waals surface area contributed by atoms with Gasteiger partial charge >= 0.3 is 0 Å². The van der Waals surface area contributed by atoms with Gasteiger partial charge in [0, 0.05) is 17.7 Å². The third kappa shape index (κ3) is 5.30. The number of rotatable bonds is 6. The van der Waals surface area contributed by atoms with Gasteiger partial charge in [0.15, 0.2) is 0 Å². The first-order valence-corrected chi connectivity index (χ1v) is 8.34. The first kappa shape index (κ1) is 19.8. The third-order valence-electron chi connectivity index (χ3n) is 3.48. The number of hydrogen-bond donors (Lipinski definition) is 1. The molecule has 0 unspecified atom stereocenters. The molecule has 3 aromatic rings. The summed E-state index contributed by atoms with van der Waals surface area (Å²) in [5, 5.41) is 14.3. The molecule has 3 rings (SSSR count). The molecule has 1 heterocycles. The van der Waals surface area contributed by atoms with Crippen LogP contribution in [0.15, 0.2) is 59.8 Å². The first-order valence-electron chi connectivity index (χ1n) is 7.96. The summed E-state index contributed by atoms with van der Waals surface area (Å²) in [5.41, 5.74) is 2.94. The molecule has 0 saturated carbocycles. The van der Waals surface area contributed by atoms with Crippen LogP contribution in [-0.4, -0.2) is 27.0 Å². The van der Waals surface area contributed by atoms with E-state index < -0.39 is 16.6 Å². The molecule has 11 heteroatoms. The van der Waals surface area contributed by atoms with E-state index in [1.807, 2.05) is 0 Å². The summed E-state index contributed by atoms with van der Waals surface area (Å²) in [6.07, 6.45) is 2.24. The van der Waals surface area contributed by atoms with Gasteiger partial charge in [0.05, 0.1) is 17.3 Å². The molecule has 0 radical (unpaired) electrons. The SMILES string of the molecule is O=C(N/N=C\c1cccc(Oc2nc(Cl)ncc2F)c1)c1ccc([N+](=O)[O-])cc1. The Balaban J connectivity index is 1.65. The molecule has 0 aliphatic rings. The molecule has 1 aromatic heterocycles. The lowest BCUT2D eigenvalue weighted by molar-refractivity contribution is -0.384. The van der Waals surface area contributed by atoms with Crippen LogP contribution in [0.2, 0.25) is 5.28 Å². The number of hydrogen-bond acceptors (Lipinski definition) is 7. The lowest BCUT2D eigenvalue weighted by atomic mass is 10.2. The quantitative estimate of drug-likeness (QED) is 0.283. The maximum atomic E-state index is 13.7. The Morgan fingerprint density at radius 2 is 2.03 bits per heavy atom. The number of nitro groups is 1. The zero-order valence-electron chi connectivity index (χ0n) is 14.5. The highest BCUT2D eigenvalue weighted by Gasteiger charge is 2.10. The van der Waals surface area contributed by atoms with Crippen LogP contribution >= 0.6 is 11.6 Å². The highest BCUT2D eigenvalue weighted by Crippen LogP contribution is 2.23. The van der Waals surface area contributed by atoms with Crippen molar-refractivity contribution in [3.05, 3.63) is 87.1 Å². The minimum atomic E-state index is -0.774. The van der Waals surface area contributed by atoms with Crippen molar-refractivity contribution in [1.29, 1.82) is 0 Å². The molecule has 2 aromatic carbocycles. The molecule has 146 valence electrons. The van der Waals surface area contributed by atoms with Crippen LogP contribution in [0, 0.1) is 15.9 Å². The summed E-state index contributed by atoms with van der Waals surface area (Å²) in [6.45, 7) is 0. The molecular formula is C18H11ClFN5O4. The summed E-state index contributed by atoms with van der Waals surface area (Å²) >= 11 is 5.62. The molecule has 0 fully saturated rings. The number of nitro benzene ring substituents is 1. The molecular weight excluding hydrogens is 405 g/mol. The maximum Gasteiger partial charge on any atom is 0.271 e. The zero-order valence-corrected chi connectivity index (χ0v) is 15.2. The number of ether oxygens (including phenoxy) is 1. The Hall–Kier alpha value is -3.92. The summed E-state index contributed by atoms with van der Waals surface area (Å²) in [7, 11) is 0. The van der Waals surface area contributed by atoms with Crippen LogP contribution in [0.1, 0.15) is 15.9 Å². The second kappa shape index (κ2) is 8.85. The average Bonchev–Trinajstić information content (AvgIpc) is 2.71. The molecule has 9 nitrogen and oxygen atoms in total. The van der Waals surface area contributed by atoms with E-state index in [1.165, 1.54) is 36.5 Å². The van der Waals surface area contributed by atoms with Gasteiger partial charge in [-0.2, -0.15) is 14.5 Å². The van der Waals surface area contributed by atoms with Crippen molar-refractivity contribution in [1.82, 2.24) is 15.4 Å². The lowest BCUT2D eigenvalue weighted by Gasteiger charge is -2.06. The highest BCUT2D eigenvalue weighted by molar-refractivity contribution is 6.28. The van der Waals surface area contributed by atoms with E-state index in [9.17, 15) is 19.3 Å². The van der Waals surface area contributed by atoms with Gasteiger partial charge in [-0.3, -0.25) is 14.9 Å². The Morgan fingerprint density at radius 1 is 1.28 bits per heavy atom. The van der Waals surface area contributed by atoms with Crippen molar-refractivity contribution in [3.63, 3.8) is 0 Å². The van der Waals surface area contributed by atoms with Crippen molar-refractivity contribution >= 4 is 29.4 Å². The molecule has 0 spiro atoms. The topological polar surface area (TPSA) is 120 Å². The fourth-order valence-corrected chi connectivity index (χ4v) is 2.26. The van der Waals surface area contributed by atoms with Gasteiger partial charge in [-0.25, -0.2) is 10.4 Å². The molecule has 0 aliphatic carbocycles. The summed E-state index contributed by atoms with van der Waals surface area (Å²) in [6, 6.07) is 11.5. The molecule has 0 bridgehead atoms. The summed E-state index contributed by atoms with van der Waals surface area (Å²) in [5.74, 6) is -1.38. The van der Waals surface area contributed by atoms with E-state index in [4.69, 9.17) is 16.3 Å². The number of benzene rings is 2. The summed E-state index contributed by atoms with van der Waals surface area (Å²) in [4.78, 5) is 29.2. The Kier molecular flexibility index (Phi) is 6.05. The Labute approximate surface area is 168 Å². The number of carbonyl (C=O) groups excluding carboxylic acids is 1. The number of carbonyl (C=O) groups is 1. The lowest BCUT2D eigenvalue weighted by Crippen LogP contribution is -2.17. The van der Waals surface area contributed by atoms with Crippen LogP contribution in [0.4, 0.5) is 10.1 Å². The van der Waals surface area contributed by atoms with Gasteiger partial charge in [0.2, 0.25) is 11.1 Å². The maximum absolute atomic E-state index is 13.7. The largest absolute Gasteiger partial charge is 0.436 e. The Bertz CT molecular complexity index is 1090. The van der Waals surface area contributed by atoms with Crippen molar-refractivity contribution in [2.75, 3.05) is 0 Å². The van der Waals surface area contributed by atoms with Crippen LogP contribution in [0.3, 0.4) is 0 Å². The second-order valence-electron chi connectivity index (χ2n) is 5.47. The molecule has 0 aliphatic heterocycles. The van der Waals surface area contributed by atoms with Crippen LogP contribution in [-0.2, 0) is 0 Å². The number of aromatic nitrogens is 2. The van der Waals surface area contributed by atoms with E-state index >= 15 is 0 Å². The number of nitrogens with one attached hydrogen (secondary N) is 1. The van der Waals surface area contributed by atoms with E-state index in [-0.39, 0.29) is 28.2 Å². The number of nitrogens with zero attached hydrogens (tertiary/aromatic N) is 4. The average molecular weight is 416 g/mol. The third-order valence-corrected chi connectivity index (χ3v) is 3.66.